The minimum absolute atomic E-state index is 0.295. The molecule has 1 aromatic carbocycles. The van der Waals surface area contributed by atoms with Crippen molar-refractivity contribution >= 4 is 11.7 Å². The van der Waals surface area contributed by atoms with Crippen molar-refractivity contribution in [1.82, 2.24) is 10.3 Å². The Balaban J connectivity index is 1.72. The van der Waals surface area contributed by atoms with E-state index in [0.29, 0.717) is 18.7 Å². The van der Waals surface area contributed by atoms with Crippen LogP contribution in [0.5, 0.6) is 0 Å². The second kappa shape index (κ2) is 7.25. The normalized spacial score (nSPS) is 11.7. The van der Waals surface area contributed by atoms with Crippen molar-refractivity contribution < 1.29 is 9.90 Å². The van der Waals surface area contributed by atoms with Crippen LogP contribution >= 0.6 is 0 Å². The summed E-state index contributed by atoms with van der Waals surface area (Å²) in [5, 5.41) is 15.3. The molecular formula is C15H17N3O2. The van der Waals surface area contributed by atoms with E-state index < -0.39 is 6.10 Å². The first kappa shape index (κ1) is 14.0. The molecule has 0 aliphatic heterocycles. The van der Waals surface area contributed by atoms with Crippen LogP contribution in [0.25, 0.3) is 0 Å². The summed E-state index contributed by atoms with van der Waals surface area (Å²) in [6.45, 7) is 0.396. The van der Waals surface area contributed by atoms with Crippen molar-refractivity contribution in [2.24, 2.45) is 0 Å². The number of hydrogen-bond acceptors (Lipinski definition) is 3. The van der Waals surface area contributed by atoms with Crippen LogP contribution in [0.2, 0.25) is 0 Å². The predicted octanol–water partition coefficient (Wildman–Crippen LogP) is 2.33. The Morgan fingerprint density at radius 3 is 2.55 bits per heavy atom. The minimum atomic E-state index is -0.572. The molecule has 0 spiro atoms. The Hall–Kier alpha value is -2.40. The monoisotopic (exact) mass is 271 g/mol. The van der Waals surface area contributed by atoms with Crippen molar-refractivity contribution in [1.29, 1.82) is 0 Å². The van der Waals surface area contributed by atoms with Gasteiger partial charge in [-0.25, -0.2) is 4.79 Å². The van der Waals surface area contributed by atoms with Gasteiger partial charge in [0.05, 0.1) is 6.10 Å². The largest absolute Gasteiger partial charge is 0.388 e. The van der Waals surface area contributed by atoms with Crippen LogP contribution in [0, 0.1) is 0 Å². The molecule has 2 aromatic rings. The number of urea groups is 1. The number of anilines is 1. The molecule has 2 amide bonds. The highest BCUT2D eigenvalue weighted by molar-refractivity contribution is 5.88. The third-order valence-corrected chi connectivity index (χ3v) is 2.83. The number of carbonyl (C=O) groups excluding carboxylic acids is 1. The molecule has 0 aliphatic rings. The number of hydrogen-bond donors (Lipinski definition) is 3. The van der Waals surface area contributed by atoms with Crippen LogP contribution in [0.3, 0.4) is 0 Å². The highest BCUT2D eigenvalue weighted by atomic mass is 16.3. The zero-order valence-corrected chi connectivity index (χ0v) is 11.0. The fraction of sp³-hybridized carbons (Fsp3) is 0.200. The van der Waals surface area contributed by atoms with Gasteiger partial charge in [-0.2, -0.15) is 0 Å². The Kier molecular flexibility index (Phi) is 5.08. The Labute approximate surface area is 117 Å². The van der Waals surface area contributed by atoms with Gasteiger partial charge in [0.15, 0.2) is 0 Å². The van der Waals surface area contributed by atoms with E-state index in [4.69, 9.17) is 0 Å². The van der Waals surface area contributed by atoms with E-state index >= 15 is 0 Å². The van der Waals surface area contributed by atoms with Gasteiger partial charge >= 0.3 is 6.03 Å². The lowest BCUT2D eigenvalue weighted by atomic mass is 10.1. The summed E-state index contributed by atoms with van der Waals surface area (Å²) in [6, 6.07) is 12.5. The van der Waals surface area contributed by atoms with E-state index in [1.54, 1.807) is 24.5 Å². The first-order valence-electron chi connectivity index (χ1n) is 6.43. The standard InChI is InChI=1S/C15H17N3O2/c19-14(12-4-2-1-3-5-12)8-11-17-15(20)18-13-6-9-16-10-7-13/h1-7,9-10,14,19H,8,11H2,(H2,16,17,18,20). The van der Waals surface area contributed by atoms with Gasteiger partial charge in [-0.05, 0) is 24.1 Å². The molecular weight excluding hydrogens is 254 g/mol. The quantitative estimate of drug-likeness (QED) is 0.781. The lowest BCUT2D eigenvalue weighted by Crippen LogP contribution is -2.30. The van der Waals surface area contributed by atoms with Crippen LogP contribution in [-0.2, 0) is 0 Å². The average molecular weight is 271 g/mol. The van der Waals surface area contributed by atoms with Gasteiger partial charge in [-0.3, -0.25) is 4.98 Å². The first-order valence-corrected chi connectivity index (χ1v) is 6.43. The van der Waals surface area contributed by atoms with E-state index in [0.717, 1.165) is 5.56 Å². The van der Waals surface area contributed by atoms with E-state index in [1.165, 1.54) is 0 Å². The molecule has 1 unspecified atom stereocenters. The number of benzene rings is 1. The third-order valence-electron chi connectivity index (χ3n) is 2.83. The van der Waals surface area contributed by atoms with Gasteiger partial charge in [-0.15, -0.1) is 0 Å². The second-order valence-electron chi connectivity index (χ2n) is 4.33. The molecule has 0 saturated heterocycles. The number of pyridine rings is 1. The van der Waals surface area contributed by atoms with Crippen molar-refractivity contribution in [3.8, 4) is 0 Å². The van der Waals surface area contributed by atoms with Gasteiger partial charge in [0.25, 0.3) is 0 Å². The number of aliphatic hydroxyl groups excluding tert-OH is 1. The molecule has 1 aromatic heterocycles. The summed E-state index contributed by atoms with van der Waals surface area (Å²) < 4.78 is 0. The van der Waals surface area contributed by atoms with Crippen LogP contribution < -0.4 is 10.6 Å². The molecule has 1 heterocycles. The highest BCUT2D eigenvalue weighted by Crippen LogP contribution is 2.14. The van der Waals surface area contributed by atoms with E-state index in [2.05, 4.69) is 15.6 Å². The maximum atomic E-state index is 11.6. The number of aromatic nitrogens is 1. The Morgan fingerprint density at radius 1 is 1.15 bits per heavy atom. The average Bonchev–Trinajstić information content (AvgIpc) is 2.49. The fourth-order valence-corrected chi connectivity index (χ4v) is 1.77. The van der Waals surface area contributed by atoms with E-state index in [9.17, 15) is 9.90 Å². The van der Waals surface area contributed by atoms with Gasteiger partial charge in [-0.1, -0.05) is 30.3 Å². The molecule has 104 valence electrons. The zero-order chi connectivity index (χ0) is 14.2. The molecule has 20 heavy (non-hydrogen) atoms. The Bertz CT molecular complexity index is 531. The fourth-order valence-electron chi connectivity index (χ4n) is 1.77. The molecule has 5 heteroatoms. The lowest BCUT2D eigenvalue weighted by Gasteiger charge is -2.12. The van der Waals surface area contributed by atoms with Crippen molar-refractivity contribution in [2.45, 2.75) is 12.5 Å². The second-order valence-corrected chi connectivity index (χ2v) is 4.33. The molecule has 5 nitrogen and oxygen atoms in total. The number of amides is 2. The molecule has 0 saturated carbocycles. The number of nitrogens with one attached hydrogen (secondary N) is 2. The molecule has 0 bridgehead atoms. The van der Waals surface area contributed by atoms with Gasteiger partial charge < -0.3 is 15.7 Å². The summed E-state index contributed by atoms with van der Waals surface area (Å²) in [6.07, 6.45) is 3.11. The number of aliphatic hydroxyl groups is 1. The SMILES string of the molecule is O=C(NCCC(O)c1ccccc1)Nc1ccncc1. The smallest absolute Gasteiger partial charge is 0.319 e. The minimum Gasteiger partial charge on any atom is -0.388 e. The Morgan fingerprint density at radius 2 is 1.85 bits per heavy atom. The molecule has 0 fully saturated rings. The van der Waals surface area contributed by atoms with Gasteiger partial charge in [0.1, 0.15) is 0 Å². The van der Waals surface area contributed by atoms with Crippen LogP contribution in [0.4, 0.5) is 10.5 Å². The molecule has 1 atom stereocenters. The molecule has 3 N–H and O–H groups in total. The van der Waals surface area contributed by atoms with Crippen LogP contribution in [-0.4, -0.2) is 22.7 Å². The molecule has 0 aliphatic carbocycles. The first-order chi connectivity index (χ1) is 9.75. The summed E-state index contributed by atoms with van der Waals surface area (Å²) in [7, 11) is 0. The summed E-state index contributed by atoms with van der Waals surface area (Å²) in [4.78, 5) is 15.5. The maximum Gasteiger partial charge on any atom is 0.319 e. The van der Waals surface area contributed by atoms with Gasteiger partial charge in [0.2, 0.25) is 0 Å². The van der Waals surface area contributed by atoms with Crippen molar-refractivity contribution in [2.75, 3.05) is 11.9 Å². The summed E-state index contributed by atoms with van der Waals surface area (Å²) in [5.41, 5.74) is 1.53. The maximum absolute atomic E-state index is 11.6. The number of carbonyl (C=O) groups is 1. The number of rotatable bonds is 5. The summed E-state index contributed by atoms with van der Waals surface area (Å²) >= 11 is 0. The molecule has 2 rings (SSSR count). The third kappa shape index (κ3) is 4.37. The zero-order valence-electron chi connectivity index (χ0n) is 11.0. The van der Waals surface area contributed by atoms with Gasteiger partial charge in [0, 0.05) is 24.6 Å². The van der Waals surface area contributed by atoms with Crippen molar-refractivity contribution in [3.05, 3.63) is 60.4 Å². The van der Waals surface area contributed by atoms with E-state index in [1.807, 2.05) is 30.3 Å². The van der Waals surface area contributed by atoms with E-state index in [-0.39, 0.29) is 6.03 Å². The highest BCUT2D eigenvalue weighted by Gasteiger charge is 2.07. The van der Waals surface area contributed by atoms with Crippen molar-refractivity contribution in [3.63, 3.8) is 0 Å². The van der Waals surface area contributed by atoms with Crippen LogP contribution in [0.15, 0.2) is 54.9 Å². The topological polar surface area (TPSA) is 74.2 Å². The molecule has 0 radical (unpaired) electrons. The van der Waals surface area contributed by atoms with Crippen LogP contribution in [0.1, 0.15) is 18.1 Å². The number of nitrogens with zero attached hydrogens (tertiary/aromatic N) is 1. The predicted molar refractivity (Wildman–Crippen MR) is 77.3 cm³/mol. The summed E-state index contributed by atoms with van der Waals surface area (Å²) in [5.74, 6) is 0. The lowest BCUT2D eigenvalue weighted by molar-refractivity contribution is 0.167.